The van der Waals surface area contributed by atoms with Crippen LogP contribution in [0, 0.1) is 50.2 Å². The summed E-state index contributed by atoms with van der Waals surface area (Å²) in [6.07, 6.45) is -35.5. The molecule has 0 spiro atoms. The van der Waals surface area contributed by atoms with E-state index >= 15 is 0 Å². The van der Waals surface area contributed by atoms with Gasteiger partial charge in [-0.25, -0.2) is 9.59 Å². The first-order valence-corrected chi connectivity index (χ1v) is 30.9. The van der Waals surface area contributed by atoms with E-state index in [1.54, 1.807) is 19.9 Å². The topological polar surface area (TPSA) is 427 Å². The average molecular weight is 1260 g/mol. The lowest BCUT2D eigenvalue weighted by Crippen LogP contribution is -2.72. The Kier molecular flexibility index (Phi) is 20.0. The summed E-state index contributed by atoms with van der Waals surface area (Å²) in [5.74, 6) is -3.61. The van der Waals surface area contributed by atoms with Crippen molar-refractivity contribution in [2.24, 2.45) is 50.2 Å². The number of hydrogen-bond donors (Lipinski definition) is 14. The Balaban J connectivity index is 1.05. The zero-order chi connectivity index (χ0) is 65.0. The lowest BCUT2D eigenvalue weighted by molar-refractivity contribution is -0.406. The van der Waals surface area contributed by atoms with E-state index in [-0.39, 0.29) is 24.9 Å². The number of aliphatic carboxylic acids is 1. The fourth-order valence-corrected chi connectivity index (χ4v) is 17.5. The quantitative estimate of drug-likeness (QED) is 0.0386. The van der Waals surface area contributed by atoms with Crippen LogP contribution < -0.4 is 0 Å². The van der Waals surface area contributed by atoms with Crippen molar-refractivity contribution in [3.8, 4) is 0 Å². The standard InChI is InChI=1S/C61H96O27/c1-12-24(2)51(78)88-49-48(75)61(23-79-26(4)64)28(19-56(49,5)6)27-13-14-32-58(9)17-16-34(57(7,8)31(58)15-18-59(32,10)60(27,11)20-33(61)65)83-55-47(87-53-42(73)39(70)36(67)29(21-62)81-53)44(43(74)45(85-55)50(76)77)84-54-46(40(71)37(68)30(22-63)82-54)86-52-41(72)38(69)35(66)25(3)80-52/h12-13,25,28-49,52-55,62-63,65-75H,14-23H2,1-11H3,(H,76,77)/b24-12+/t25-,28?,29+,30+,31?,32?,33+,34-,35-,36+,37-,38+,39-,40-,41+,42+,43-,44-,45-,46+,47+,48-,49-,52-,53-,54-,55+,58-,59+,60+,61-/m0/s1. The first-order chi connectivity index (χ1) is 41.0. The number of hydrogen-bond acceptors (Lipinski definition) is 26. The molecule has 4 saturated carbocycles. The molecule has 14 N–H and O–H groups in total. The third-order valence-electron chi connectivity index (χ3n) is 23.0. The molecule has 5 aliphatic carbocycles. The lowest BCUT2D eigenvalue weighted by atomic mass is 9.33. The van der Waals surface area contributed by atoms with Crippen molar-refractivity contribution < 1.29 is 133 Å². The summed E-state index contributed by atoms with van der Waals surface area (Å²) in [5, 5.41) is 157. The predicted octanol–water partition coefficient (Wildman–Crippen LogP) is -1.44. The number of carboxylic acids is 1. The summed E-state index contributed by atoms with van der Waals surface area (Å²) in [5.41, 5.74) is -3.32. The van der Waals surface area contributed by atoms with Gasteiger partial charge in [0.2, 0.25) is 0 Å². The van der Waals surface area contributed by atoms with Gasteiger partial charge in [-0.3, -0.25) is 4.79 Å². The van der Waals surface area contributed by atoms with Crippen molar-refractivity contribution in [1.29, 1.82) is 0 Å². The predicted molar refractivity (Wildman–Crippen MR) is 299 cm³/mol. The minimum atomic E-state index is -2.29. The molecule has 9 aliphatic rings. The summed E-state index contributed by atoms with van der Waals surface area (Å²) >= 11 is 0. The van der Waals surface area contributed by atoms with Gasteiger partial charge in [0.1, 0.15) is 104 Å². The molecule has 31 atom stereocenters. The Morgan fingerprint density at radius 1 is 0.636 bits per heavy atom. The van der Waals surface area contributed by atoms with Crippen molar-refractivity contribution in [1.82, 2.24) is 0 Å². The number of carboxylic acid groups (broad SMARTS) is 1. The molecule has 27 heteroatoms. The van der Waals surface area contributed by atoms with Gasteiger partial charge in [-0.2, -0.15) is 0 Å². The summed E-state index contributed by atoms with van der Waals surface area (Å²) in [4.78, 5) is 39.2. The molecule has 4 aliphatic heterocycles. The first-order valence-electron chi connectivity index (χ1n) is 30.9. The van der Waals surface area contributed by atoms with E-state index < -0.39 is 217 Å². The molecule has 8 fully saturated rings. The first kappa shape index (κ1) is 69.4. The smallest absolute Gasteiger partial charge is 0.335 e. The van der Waals surface area contributed by atoms with Crippen LogP contribution in [0.5, 0.6) is 0 Å². The number of carbonyl (C=O) groups excluding carboxylic acids is 2. The van der Waals surface area contributed by atoms with Crippen molar-refractivity contribution in [3.05, 3.63) is 23.3 Å². The molecule has 0 amide bonds. The number of ether oxygens (including phenoxy) is 10. The van der Waals surface area contributed by atoms with Crippen LogP contribution in [0.15, 0.2) is 23.3 Å². The van der Waals surface area contributed by atoms with Crippen LogP contribution in [0.3, 0.4) is 0 Å². The largest absolute Gasteiger partial charge is 0.479 e. The maximum absolute atomic E-state index is 13.4. The summed E-state index contributed by atoms with van der Waals surface area (Å²) in [7, 11) is 0. The van der Waals surface area contributed by atoms with E-state index in [9.17, 15) is 85.9 Å². The summed E-state index contributed by atoms with van der Waals surface area (Å²) in [6, 6.07) is 0. The highest BCUT2D eigenvalue weighted by atomic mass is 16.8. The number of fused-ring (bicyclic) bond motifs is 7. The zero-order valence-electron chi connectivity index (χ0n) is 51.9. The second-order valence-electron chi connectivity index (χ2n) is 28.5. The molecule has 3 unspecified atom stereocenters. The minimum Gasteiger partial charge on any atom is -0.479 e. The number of carbonyl (C=O) groups is 3. The lowest BCUT2D eigenvalue weighted by Gasteiger charge is -2.72. The molecule has 502 valence electrons. The molecule has 0 aromatic heterocycles. The van der Waals surface area contributed by atoms with Crippen molar-refractivity contribution in [2.75, 3.05) is 19.8 Å². The van der Waals surface area contributed by atoms with Crippen LogP contribution >= 0.6 is 0 Å². The molecule has 0 radical (unpaired) electrons. The Morgan fingerprint density at radius 3 is 1.81 bits per heavy atom. The number of allylic oxidation sites excluding steroid dienone is 3. The molecule has 9 rings (SSSR count). The van der Waals surface area contributed by atoms with Crippen LogP contribution in [0.4, 0.5) is 0 Å². The fraction of sp³-hybridized carbons (Fsp3) is 0.885. The molecule has 0 aromatic rings. The number of esters is 2. The Labute approximate surface area is 511 Å². The highest BCUT2D eigenvalue weighted by Crippen LogP contribution is 2.76. The van der Waals surface area contributed by atoms with Gasteiger partial charge in [0, 0.05) is 17.9 Å². The Bertz CT molecular complexity index is 2580. The van der Waals surface area contributed by atoms with Crippen LogP contribution in [-0.4, -0.2) is 256 Å². The normalized spacial score (nSPS) is 50.9. The van der Waals surface area contributed by atoms with Gasteiger partial charge in [0.05, 0.1) is 36.9 Å². The van der Waals surface area contributed by atoms with E-state index in [0.29, 0.717) is 44.1 Å². The van der Waals surface area contributed by atoms with Gasteiger partial charge in [0.15, 0.2) is 31.3 Å². The maximum atomic E-state index is 13.4. The summed E-state index contributed by atoms with van der Waals surface area (Å²) in [6.45, 7) is 18.4. The van der Waals surface area contributed by atoms with E-state index in [0.717, 1.165) is 5.57 Å². The fourth-order valence-electron chi connectivity index (χ4n) is 17.5. The molecular formula is C61H96O27. The van der Waals surface area contributed by atoms with E-state index in [4.69, 9.17) is 47.4 Å². The van der Waals surface area contributed by atoms with Crippen LogP contribution in [-0.2, 0) is 61.8 Å². The molecule has 0 aromatic carbocycles. The maximum Gasteiger partial charge on any atom is 0.335 e. The summed E-state index contributed by atoms with van der Waals surface area (Å²) < 4.78 is 61.0. The van der Waals surface area contributed by atoms with Crippen molar-refractivity contribution >= 4 is 17.9 Å². The van der Waals surface area contributed by atoms with Crippen LogP contribution in [0.2, 0.25) is 0 Å². The van der Waals surface area contributed by atoms with Gasteiger partial charge < -0.3 is 119 Å². The van der Waals surface area contributed by atoms with Crippen LogP contribution in [0.25, 0.3) is 0 Å². The molecule has 4 heterocycles. The van der Waals surface area contributed by atoms with E-state index in [2.05, 4.69) is 26.8 Å². The number of aliphatic hydroxyl groups is 13. The second kappa shape index (κ2) is 25.4. The zero-order valence-corrected chi connectivity index (χ0v) is 51.9. The van der Waals surface area contributed by atoms with Crippen LogP contribution in [0.1, 0.15) is 121 Å². The molecular weight excluding hydrogens is 1160 g/mol. The van der Waals surface area contributed by atoms with Gasteiger partial charge in [-0.1, -0.05) is 66.2 Å². The van der Waals surface area contributed by atoms with Gasteiger partial charge >= 0.3 is 17.9 Å². The molecule has 0 bridgehead atoms. The molecule has 4 saturated heterocycles. The third kappa shape index (κ3) is 11.4. The SMILES string of the molecule is C/C=C(\C)C(=O)O[C@H]1[C@H](O)[C@@]2(COC(C)=O)C(CC1(C)C)C1=CCC3[C@@]4(C)CC[C@H](O[C@@H]5O[C@H](C(=O)O)[C@@H](O)[C@H](O[C@@H]6O[C@H](CO)[C@H](O)[C@H](O)[C@H]6O[C@@H]6O[C@@H](C)[C@H](O)[C@@H](O)[C@H]6O)[C@H]5O[C@@H]5O[C@H](CO)[C@@H](O)[C@H](O)[C@H]5O)C(C)(C)C4CC[C@@]3(C)[C@]1(C)C[C@H]2O. The Morgan fingerprint density at radius 2 is 1.20 bits per heavy atom. The van der Waals surface area contributed by atoms with Gasteiger partial charge in [0.25, 0.3) is 0 Å². The van der Waals surface area contributed by atoms with E-state index in [1.165, 1.54) is 13.8 Å². The second-order valence-corrected chi connectivity index (χ2v) is 28.5. The highest BCUT2D eigenvalue weighted by molar-refractivity contribution is 5.87. The number of rotatable bonds is 15. The average Bonchev–Trinajstić information content (AvgIpc) is 0.674. The van der Waals surface area contributed by atoms with Gasteiger partial charge in [-0.05, 0) is 105 Å². The molecule has 88 heavy (non-hydrogen) atoms. The van der Waals surface area contributed by atoms with Crippen molar-refractivity contribution in [2.45, 2.75) is 268 Å². The number of aliphatic hydroxyl groups excluding tert-OH is 13. The highest BCUT2D eigenvalue weighted by Gasteiger charge is 2.74. The third-order valence-corrected chi connectivity index (χ3v) is 23.0. The van der Waals surface area contributed by atoms with E-state index in [1.807, 2.05) is 27.7 Å². The molecule has 27 nitrogen and oxygen atoms in total. The minimum absolute atomic E-state index is 0.0311. The monoisotopic (exact) mass is 1260 g/mol. The van der Waals surface area contributed by atoms with Gasteiger partial charge in [-0.15, -0.1) is 0 Å². The Hall–Kier alpha value is -2.95. The van der Waals surface area contributed by atoms with Crippen molar-refractivity contribution in [3.63, 3.8) is 0 Å².